The van der Waals surface area contributed by atoms with Gasteiger partial charge < -0.3 is 14.6 Å². The first-order chi connectivity index (χ1) is 10.2. The molecule has 1 unspecified atom stereocenters. The van der Waals surface area contributed by atoms with Crippen molar-refractivity contribution >= 4 is 11.0 Å². The Hall–Kier alpha value is -1.75. The van der Waals surface area contributed by atoms with E-state index in [0.717, 1.165) is 36.4 Å². The van der Waals surface area contributed by atoms with Crippen LogP contribution in [0.1, 0.15) is 19.8 Å². The number of hydrogen-bond acceptors (Lipinski definition) is 3. The van der Waals surface area contributed by atoms with Crippen LogP contribution in [-0.4, -0.2) is 41.2 Å². The molecule has 5 nitrogen and oxygen atoms in total. The van der Waals surface area contributed by atoms with Crippen LogP contribution in [0.15, 0.2) is 23.0 Å². The van der Waals surface area contributed by atoms with E-state index in [0.29, 0.717) is 5.92 Å². The number of hydrogen-bond donors (Lipinski definition) is 1. The molecule has 1 saturated heterocycles. The molecule has 1 atom stereocenters. The zero-order chi connectivity index (χ0) is 14.8. The molecular weight excluding hydrogens is 266 g/mol. The van der Waals surface area contributed by atoms with E-state index in [4.69, 9.17) is 4.74 Å². The van der Waals surface area contributed by atoms with E-state index in [-0.39, 0.29) is 5.69 Å². The molecule has 1 aliphatic rings. The molecule has 0 spiro atoms. The highest BCUT2D eigenvalue weighted by molar-refractivity contribution is 5.81. The number of rotatable bonds is 4. The lowest BCUT2D eigenvalue weighted by Gasteiger charge is -2.31. The summed E-state index contributed by atoms with van der Waals surface area (Å²) in [7, 11) is 1.63. The molecule has 0 amide bonds. The number of aromatic amines is 1. The van der Waals surface area contributed by atoms with Gasteiger partial charge in [0.15, 0.2) is 0 Å². The van der Waals surface area contributed by atoms with Gasteiger partial charge in [0.25, 0.3) is 0 Å². The molecular formula is C16H23N3O2. The third kappa shape index (κ3) is 2.70. The van der Waals surface area contributed by atoms with E-state index in [9.17, 15) is 4.79 Å². The number of nitrogens with zero attached hydrogens (tertiary/aromatic N) is 2. The molecule has 0 saturated carbocycles. The maximum atomic E-state index is 12.3. The van der Waals surface area contributed by atoms with E-state index in [1.54, 1.807) is 7.11 Å². The van der Waals surface area contributed by atoms with Crippen LogP contribution in [-0.2, 0) is 6.54 Å². The lowest BCUT2D eigenvalue weighted by atomic mass is 9.98. The largest absolute Gasteiger partial charge is 0.494 e. The molecule has 0 aliphatic carbocycles. The molecule has 2 aromatic rings. The molecule has 1 aromatic carbocycles. The lowest BCUT2D eigenvalue weighted by molar-refractivity contribution is 0.170. The predicted octanol–water partition coefficient (Wildman–Crippen LogP) is 2.07. The summed E-state index contributed by atoms with van der Waals surface area (Å²) < 4.78 is 7.19. The number of likely N-dealkylation sites (tertiary alicyclic amines) is 1. The van der Waals surface area contributed by atoms with Gasteiger partial charge in [0.2, 0.25) is 0 Å². The smallest absolute Gasteiger partial charge is 0.326 e. The first-order valence-corrected chi connectivity index (χ1v) is 7.70. The Labute approximate surface area is 124 Å². The van der Waals surface area contributed by atoms with Crippen molar-refractivity contribution in [2.45, 2.75) is 26.3 Å². The van der Waals surface area contributed by atoms with Crippen molar-refractivity contribution in [3.63, 3.8) is 0 Å². The summed E-state index contributed by atoms with van der Waals surface area (Å²) in [4.78, 5) is 17.7. The number of fused-ring (bicyclic) bond motifs is 1. The molecule has 0 bridgehead atoms. The monoisotopic (exact) mass is 289 g/mol. The Bertz CT molecular complexity index is 674. The maximum absolute atomic E-state index is 12.3. The average molecular weight is 289 g/mol. The minimum absolute atomic E-state index is 0.0388. The van der Waals surface area contributed by atoms with Gasteiger partial charge in [-0.2, -0.15) is 0 Å². The summed E-state index contributed by atoms with van der Waals surface area (Å²) in [5.74, 6) is 1.27. The number of ether oxygens (including phenoxy) is 1. The van der Waals surface area contributed by atoms with Gasteiger partial charge in [0.05, 0.1) is 12.6 Å². The van der Waals surface area contributed by atoms with Crippen LogP contribution < -0.4 is 10.4 Å². The second-order valence-electron chi connectivity index (χ2n) is 5.80. The summed E-state index contributed by atoms with van der Waals surface area (Å²) >= 11 is 0. The molecule has 1 aromatic heterocycles. The van der Waals surface area contributed by atoms with E-state index < -0.39 is 0 Å². The summed E-state index contributed by atoms with van der Waals surface area (Å²) in [6.07, 6.45) is 2.42. The number of para-hydroxylation sites is 1. The van der Waals surface area contributed by atoms with Gasteiger partial charge in [-0.3, -0.25) is 4.57 Å². The first kappa shape index (κ1) is 14.2. The minimum atomic E-state index is -0.0388. The standard InChI is InChI=1S/C16H23N3O2/c1-3-18-9-5-6-12(10-18)11-19-13-7-4-8-14(21-2)15(13)17-16(19)20/h4,7-8,12H,3,5-6,9-11H2,1-2H3,(H,17,20). The molecule has 1 fully saturated rings. The molecule has 1 N–H and O–H groups in total. The number of piperidine rings is 1. The minimum Gasteiger partial charge on any atom is -0.494 e. The third-order valence-electron chi connectivity index (χ3n) is 4.48. The van der Waals surface area contributed by atoms with E-state index in [1.807, 2.05) is 22.8 Å². The predicted molar refractivity (Wildman–Crippen MR) is 83.9 cm³/mol. The van der Waals surface area contributed by atoms with Crippen molar-refractivity contribution in [1.82, 2.24) is 14.5 Å². The highest BCUT2D eigenvalue weighted by atomic mass is 16.5. The van der Waals surface area contributed by atoms with Crippen molar-refractivity contribution in [3.8, 4) is 5.75 Å². The van der Waals surface area contributed by atoms with Crippen LogP contribution in [0, 0.1) is 5.92 Å². The van der Waals surface area contributed by atoms with Crippen molar-refractivity contribution in [1.29, 1.82) is 0 Å². The van der Waals surface area contributed by atoms with Crippen LogP contribution in [0.2, 0.25) is 0 Å². The van der Waals surface area contributed by atoms with E-state index in [1.165, 1.54) is 19.4 Å². The van der Waals surface area contributed by atoms with Crippen molar-refractivity contribution in [2.24, 2.45) is 5.92 Å². The highest BCUT2D eigenvalue weighted by Crippen LogP contribution is 2.24. The summed E-state index contributed by atoms with van der Waals surface area (Å²) in [5, 5.41) is 0. The summed E-state index contributed by atoms with van der Waals surface area (Å²) in [5.41, 5.74) is 1.70. The fourth-order valence-electron chi connectivity index (χ4n) is 3.35. The quantitative estimate of drug-likeness (QED) is 0.937. The van der Waals surface area contributed by atoms with Crippen molar-refractivity contribution in [2.75, 3.05) is 26.7 Å². The second-order valence-corrected chi connectivity index (χ2v) is 5.80. The number of imidazole rings is 1. The number of H-pyrrole nitrogens is 1. The molecule has 2 heterocycles. The Kier molecular flexibility index (Phi) is 4.01. The van der Waals surface area contributed by atoms with Gasteiger partial charge in [-0.15, -0.1) is 0 Å². The van der Waals surface area contributed by atoms with Gasteiger partial charge in [-0.05, 0) is 44.0 Å². The SMILES string of the molecule is CCN1CCCC(Cn2c(=O)[nH]c3c(OC)cccc32)C1. The Morgan fingerprint density at radius 3 is 3.05 bits per heavy atom. The van der Waals surface area contributed by atoms with Crippen LogP contribution in [0.4, 0.5) is 0 Å². The second kappa shape index (κ2) is 5.93. The van der Waals surface area contributed by atoms with E-state index >= 15 is 0 Å². The van der Waals surface area contributed by atoms with Crippen LogP contribution >= 0.6 is 0 Å². The van der Waals surface area contributed by atoms with Gasteiger partial charge in [-0.1, -0.05) is 13.0 Å². The first-order valence-electron chi connectivity index (χ1n) is 7.70. The Morgan fingerprint density at radius 1 is 1.43 bits per heavy atom. The summed E-state index contributed by atoms with van der Waals surface area (Å²) in [6.45, 7) is 6.34. The van der Waals surface area contributed by atoms with Crippen LogP contribution in [0.5, 0.6) is 5.75 Å². The molecule has 3 rings (SSSR count). The number of methoxy groups -OCH3 is 1. The Morgan fingerprint density at radius 2 is 2.29 bits per heavy atom. The topological polar surface area (TPSA) is 50.3 Å². The lowest BCUT2D eigenvalue weighted by Crippen LogP contribution is -2.37. The van der Waals surface area contributed by atoms with Gasteiger partial charge in [-0.25, -0.2) is 4.79 Å². The van der Waals surface area contributed by atoms with Crippen molar-refractivity contribution in [3.05, 3.63) is 28.7 Å². The molecule has 1 aliphatic heterocycles. The van der Waals surface area contributed by atoms with E-state index in [2.05, 4.69) is 16.8 Å². The van der Waals surface area contributed by atoms with Crippen molar-refractivity contribution < 1.29 is 4.74 Å². The average Bonchev–Trinajstić information content (AvgIpc) is 2.83. The van der Waals surface area contributed by atoms with Gasteiger partial charge in [0.1, 0.15) is 11.3 Å². The van der Waals surface area contributed by atoms with Gasteiger partial charge >= 0.3 is 5.69 Å². The number of nitrogens with one attached hydrogen (secondary N) is 1. The summed E-state index contributed by atoms with van der Waals surface area (Å²) in [6, 6.07) is 5.79. The third-order valence-corrected chi connectivity index (χ3v) is 4.48. The molecule has 0 radical (unpaired) electrons. The maximum Gasteiger partial charge on any atom is 0.326 e. The highest BCUT2D eigenvalue weighted by Gasteiger charge is 2.21. The fourth-order valence-corrected chi connectivity index (χ4v) is 3.35. The number of benzene rings is 1. The van der Waals surface area contributed by atoms with Crippen LogP contribution in [0.3, 0.4) is 0 Å². The molecule has 114 valence electrons. The molecule has 21 heavy (non-hydrogen) atoms. The normalized spacial score (nSPS) is 20.0. The zero-order valence-electron chi connectivity index (χ0n) is 12.8. The zero-order valence-corrected chi connectivity index (χ0v) is 12.8. The van der Waals surface area contributed by atoms with Gasteiger partial charge in [0, 0.05) is 13.1 Å². The van der Waals surface area contributed by atoms with Crippen LogP contribution in [0.25, 0.3) is 11.0 Å². The Balaban J connectivity index is 1.90. The number of aromatic nitrogens is 2. The molecule has 5 heteroatoms. The fraction of sp³-hybridized carbons (Fsp3) is 0.562.